The summed E-state index contributed by atoms with van der Waals surface area (Å²) in [6, 6.07) is 6.62. The van der Waals surface area contributed by atoms with Crippen molar-refractivity contribution in [1.29, 1.82) is 0 Å². The molecule has 0 bridgehead atoms. The summed E-state index contributed by atoms with van der Waals surface area (Å²) in [7, 11) is 1.75. The fraction of sp³-hybridized carbons (Fsp3) is 0.520. The number of amides is 1. The summed E-state index contributed by atoms with van der Waals surface area (Å²) in [4.78, 5) is 47.6. The van der Waals surface area contributed by atoms with Crippen LogP contribution in [0.3, 0.4) is 0 Å². The monoisotopic (exact) mass is 564 g/mol. The van der Waals surface area contributed by atoms with Crippen molar-refractivity contribution in [2.24, 2.45) is 7.05 Å². The van der Waals surface area contributed by atoms with E-state index in [0.717, 1.165) is 17.3 Å². The number of benzene rings is 1. The highest BCUT2D eigenvalue weighted by Crippen LogP contribution is 2.35. The summed E-state index contributed by atoms with van der Waals surface area (Å²) in [6.45, 7) is 6.68. The Morgan fingerprint density at radius 2 is 1.67 bits per heavy atom. The standard InChI is InChI=1S/C25H32N4O9S/c1-13-9-7-8-10-18(13)35-12-20-27-28-25(29(20)6)39-24-21(26-14(2)30)23(37-17(5)33)22(36-16(4)32)19(38-24)11-34-15(3)31/h7-10,19,21-24H,11-12H2,1-6H3,(H,26,30)/t19-,21-,22-,23-,24+/m1/s1. The number of esters is 3. The zero-order chi connectivity index (χ0) is 28.7. The molecule has 2 aromatic rings. The summed E-state index contributed by atoms with van der Waals surface area (Å²) in [5, 5.41) is 11.6. The zero-order valence-corrected chi connectivity index (χ0v) is 23.4. The molecule has 0 saturated carbocycles. The second kappa shape index (κ2) is 13.4. The van der Waals surface area contributed by atoms with Crippen molar-refractivity contribution in [1.82, 2.24) is 20.1 Å². The Labute approximate surface area is 229 Å². The van der Waals surface area contributed by atoms with E-state index in [1.807, 2.05) is 31.2 Å². The van der Waals surface area contributed by atoms with Gasteiger partial charge in [-0.1, -0.05) is 30.0 Å². The number of nitrogens with one attached hydrogen (secondary N) is 1. The number of para-hydroxylation sites is 1. The van der Waals surface area contributed by atoms with E-state index in [1.54, 1.807) is 11.6 Å². The van der Waals surface area contributed by atoms with Gasteiger partial charge >= 0.3 is 17.9 Å². The van der Waals surface area contributed by atoms with Crippen molar-refractivity contribution in [2.45, 2.75) is 76.2 Å². The molecule has 212 valence electrons. The van der Waals surface area contributed by atoms with Gasteiger partial charge in [0.15, 0.2) is 23.2 Å². The topological polar surface area (TPSA) is 157 Å². The summed E-state index contributed by atoms with van der Waals surface area (Å²) >= 11 is 1.10. The fourth-order valence-corrected chi connectivity index (χ4v) is 5.06. The molecular formula is C25H32N4O9S. The van der Waals surface area contributed by atoms with Crippen molar-refractivity contribution >= 4 is 35.6 Å². The number of carbonyl (C=O) groups excluding carboxylic acids is 4. The number of ether oxygens (including phenoxy) is 5. The molecule has 5 atom stereocenters. The summed E-state index contributed by atoms with van der Waals surface area (Å²) in [6.07, 6.45) is -3.34. The van der Waals surface area contributed by atoms with Gasteiger partial charge in [-0.2, -0.15) is 0 Å². The van der Waals surface area contributed by atoms with Crippen molar-refractivity contribution in [3.05, 3.63) is 35.7 Å². The summed E-state index contributed by atoms with van der Waals surface area (Å²) in [5.41, 5.74) is 0.0688. The molecular weight excluding hydrogens is 532 g/mol. The summed E-state index contributed by atoms with van der Waals surface area (Å²) in [5.74, 6) is -1.12. The third-order valence-electron chi connectivity index (χ3n) is 5.67. The van der Waals surface area contributed by atoms with Gasteiger partial charge in [-0.25, -0.2) is 0 Å². The maximum Gasteiger partial charge on any atom is 0.303 e. The number of aryl methyl sites for hydroxylation is 1. The fourth-order valence-electron chi connectivity index (χ4n) is 3.93. The van der Waals surface area contributed by atoms with Crippen LogP contribution in [0.2, 0.25) is 0 Å². The Bertz CT molecular complexity index is 1200. The smallest absolute Gasteiger partial charge is 0.303 e. The van der Waals surface area contributed by atoms with Gasteiger partial charge in [-0.05, 0) is 18.6 Å². The van der Waals surface area contributed by atoms with E-state index in [2.05, 4.69) is 15.5 Å². The minimum atomic E-state index is -1.17. The number of aromatic nitrogens is 3. The van der Waals surface area contributed by atoms with Crippen LogP contribution in [0.1, 0.15) is 39.1 Å². The lowest BCUT2D eigenvalue weighted by Gasteiger charge is -2.44. The predicted molar refractivity (Wildman–Crippen MR) is 136 cm³/mol. The van der Waals surface area contributed by atoms with Crippen LogP contribution in [-0.2, 0) is 51.8 Å². The first-order valence-electron chi connectivity index (χ1n) is 12.1. The Morgan fingerprint density at radius 3 is 2.28 bits per heavy atom. The Hall–Kier alpha value is -3.65. The van der Waals surface area contributed by atoms with Crippen LogP contribution in [0.25, 0.3) is 0 Å². The number of carbonyl (C=O) groups is 4. The van der Waals surface area contributed by atoms with Crippen LogP contribution in [0.15, 0.2) is 29.4 Å². The second-order valence-corrected chi connectivity index (χ2v) is 9.92. The SMILES string of the molecule is CC(=O)N[C@@H]1[C@@H](OC(C)=O)[C@H](OC(C)=O)[C@@H](COC(C)=O)O[C@H]1Sc1nnc(COc2ccccc2C)n1C. The van der Waals surface area contributed by atoms with Gasteiger partial charge in [0.25, 0.3) is 0 Å². The second-order valence-electron chi connectivity index (χ2n) is 8.85. The molecule has 1 aromatic carbocycles. The van der Waals surface area contributed by atoms with Gasteiger partial charge in [0.2, 0.25) is 5.91 Å². The molecule has 1 amide bonds. The normalized spacial score (nSPS) is 22.5. The molecule has 39 heavy (non-hydrogen) atoms. The number of rotatable bonds is 10. The Morgan fingerprint density at radius 1 is 1.00 bits per heavy atom. The Balaban J connectivity index is 1.89. The van der Waals surface area contributed by atoms with Crippen molar-refractivity contribution in [3.8, 4) is 5.75 Å². The lowest BCUT2D eigenvalue weighted by atomic mass is 9.97. The van der Waals surface area contributed by atoms with Crippen molar-refractivity contribution in [2.75, 3.05) is 6.61 Å². The molecule has 14 heteroatoms. The largest absolute Gasteiger partial charge is 0.485 e. The van der Waals surface area contributed by atoms with Crippen LogP contribution < -0.4 is 10.1 Å². The highest BCUT2D eigenvalue weighted by Gasteiger charge is 2.51. The van der Waals surface area contributed by atoms with Gasteiger partial charge in [-0.3, -0.25) is 19.2 Å². The van der Waals surface area contributed by atoms with Gasteiger partial charge < -0.3 is 33.6 Å². The molecule has 1 saturated heterocycles. The third-order valence-corrected chi connectivity index (χ3v) is 6.87. The van der Waals surface area contributed by atoms with Gasteiger partial charge in [0, 0.05) is 34.7 Å². The minimum Gasteiger partial charge on any atom is -0.485 e. The number of nitrogens with zero attached hydrogens (tertiary/aromatic N) is 3. The van der Waals surface area contributed by atoms with E-state index >= 15 is 0 Å². The van der Waals surface area contributed by atoms with Crippen LogP contribution in [-0.4, -0.2) is 75.0 Å². The maximum atomic E-state index is 12.1. The summed E-state index contributed by atoms with van der Waals surface area (Å²) < 4.78 is 29.9. The van der Waals surface area contributed by atoms with Crippen molar-refractivity contribution < 1.29 is 42.9 Å². The number of thioether (sulfide) groups is 1. The van der Waals surface area contributed by atoms with Gasteiger partial charge in [0.1, 0.15) is 36.5 Å². The highest BCUT2D eigenvalue weighted by molar-refractivity contribution is 7.99. The third kappa shape index (κ3) is 8.17. The van der Waals surface area contributed by atoms with Crippen LogP contribution >= 0.6 is 11.8 Å². The maximum absolute atomic E-state index is 12.1. The molecule has 1 aromatic heterocycles. The zero-order valence-electron chi connectivity index (χ0n) is 22.5. The van der Waals surface area contributed by atoms with E-state index in [0.29, 0.717) is 16.7 Å². The molecule has 1 N–H and O–H groups in total. The average molecular weight is 565 g/mol. The van der Waals surface area contributed by atoms with E-state index < -0.39 is 53.6 Å². The molecule has 0 unspecified atom stereocenters. The van der Waals surface area contributed by atoms with E-state index in [1.165, 1.54) is 27.7 Å². The average Bonchev–Trinajstić information content (AvgIpc) is 3.19. The van der Waals surface area contributed by atoms with Crippen LogP contribution in [0.5, 0.6) is 5.75 Å². The van der Waals surface area contributed by atoms with Gasteiger partial charge in [-0.15, -0.1) is 10.2 Å². The van der Waals surface area contributed by atoms with Crippen LogP contribution in [0, 0.1) is 6.92 Å². The molecule has 0 spiro atoms. The lowest BCUT2D eigenvalue weighted by Crippen LogP contribution is -2.65. The molecule has 13 nitrogen and oxygen atoms in total. The minimum absolute atomic E-state index is 0.148. The molecule has 1 aliphatic rings. The van der Waals surface area contributed by atoms with Crippen molar-refractivity contribution in [3.63, 3.8) is 0 Å². The molecule has 2 heterocycles. The molecule has 0 radical (unpaired) electrons. The highest BCUT2D eigenvalue weighted by atomic mass is 32.2. The molecule has 3 rings (SSSR count). The Kier molecular flexibility index (Phi) is 10.3. The van der Waals surface area contributed by atoms with E-state index in [-0.39, 0.29) is 13.2 Å². The number of hydrogen-bond donors (Lipinski definition) is 1. The first-order valence-corrected chi connectivity index (χ1v) is 13.0. The lowest BCUT2D eigenvalue weighted by molar-refractivity contribution is -0.211. The van der Waals surface area contributed by atoms with E-state index in [4.69, 9.17) is 23.7 Å². The predicted octanol–water partition coefficient (Wildman–Crippen LogP) is 1.45. The first kappa shape index (κ1) is 29.9. The van der Waals surface area contributed by atoms with Gasteiger partial charge in [0.05, 0.1) is 0 Å². The molecule has 1 fully saturated rings. The molecule has 1 aliphatic heterocycles. The van der Waals surface area contributed by atoms with Crippen LogP contribution in [0.4, 0.5) is 0 Å². The molecule has 0 aliphatic carbocycles. The number of hydrogen-bond acceptors (Lipinski definition) is 12. The van der Waals surface area contributed by atoms with E-state index in [9.17, 15) is 19.2 Å². The first-order chi connectivity index (χ1) is 18.5. The quantitative estimate of drug-likeness (QED) is 0.328.